The van der Waals surface area contributed by atoms with Crippen LogP contribution in [0, 0.1) is 0 Å². The zero-order valence-electron chi connectivity index (χ0n) is 10.2. The molecule has 0 saturated carbocycles. The molecular formula is C12H10ClFIN3OS. The first kappa shape index (κ1) is 14.4. The average Bonchev–Trinajstić information content (AvgIpc) is 2.69. The summed E-state index contributed by atoms with van der Waals surface area (Å²) in [7, 11) is -1.13. The number of hydrogen-bond acceptors (Lipinski definition) is 4. The van der Waals surface area contributed by atoms with Crippen molar-refractivity contribution in [2.45, 2.75) is 21.3 Å². The SMILES string of the molecule is O=S1CCc2nc(Cl)nc(N[C@]3(I)C=C(F)C=CC3)c21. The molecule has 1 aromatic rings. The molecule has 0 amide bonds. The first-order valence-electron chi connectivity index (χ1n) is 5.94. The molecule has 1 aliphatic heterocycles. The van der Waals surface area contributed by atoms with Gasteiger partial charge in [0.15, 0.2) is 0 Å². The number of aromatic nitrogens is 2. The van der Waals surface area contributed by atoms with Crippen LogP contribution in [0.2, 0.25) is 5.28 Å². The van der Waals surface area contributed by atoms with Crippen molar-refractivity contribution in [1.82, 2.24) is 9.97 Å². The normalized spacial score (nSPS) is 28.1. The lowest BCUT2D eigenvalue weighted by atomic mass is 10.1. The van der Waals surface area contributed by atoms with Gasteiger partial charge in [-0.25, -0.2) is 9.37 Å². The van der Waals surface area contributed by atoms with Crippen LogP contribution in [-0.4, -0.2) is 23.5 Å². The zero-order chi connectivity index (χ0) is 14.3. The summed E-state index contributed by atoms with van der Waals surface area (Å²) in [4.78, 5) is 8.83. The fraction of sp³-hybridized carbons (Fsp3) is 0.333. The van der Waals surface area contributed by atoms with Gasteiger partial charge in [0.25, 0.3) is 0 Å². The predicted octanol–water partition coefficient (Wildman–Crippen LogP) is 3.15. The lowest BCUT2D eigenvalue weighted by molar-refractivity contribution is 0.639. The van der Waals surface area contributed by atoms with Crippen LogP contribution in [0.4, 0.5) is 10.2 Å². The molecule has 2 aliphatic rings. The first-order chi connectivity index (χ1) is 9.47. The smallest absolute Gasteiger partial charge is 0.224 e. The van der Waals surface area contributed by atoms with Gasteiger partial charge in [0, 0.05) is 18.6 Å². The van der Waals surface area contributed by atoms with Gasteiger partial charge >= 0.3 is 0 Å². The second kappa shape index (κ2) is 5.34. The Hall–Kier alpha value is -0.540. The molecule has 2 atom stereocenters. The van der Waals surface area contributed by atoms with E-state index in [9.17, 15) is 8.60 Å². The van der Waals surface area contributed by atoms with Crippen molar-refractivity contribution in [2.24, 2.45) is 0 Å². The number of anilines is 1. The lowest BCUT2D eigenvalue weighted by Gasteiger charge is -2.27. The second-order valence-electron chi connectivity index (χ2n) is 4.54. The molecule has 1 aromatic heterocycles. The van der Waals surface area contributed by atoms with Gasteiger partial charge in [-0.2, -0.15) is 4.98 Å². The van der Waals surface area contributed by atoms with Crippen molar-refractivity contribution >= 4 is 50.8 Å². The van der Waals surface area contributed by atoms with Crippen LogP contribution in [0.15, 0.2) is 29.0 Å². The van der Waals surface area contributed by atoms with Crippen LogP contribution in [0.3, 0.4) is 0 Å². The summed E-state index contributed by atoms with van der Waals surface area (Å²) in [5.41, 5.74) is 0.710. The summed E-state index contributed by atoms with van der Waals surface area (Å²) in [5, 5.41) is 3.26. The molecule has 3 rings (SSSR count). The highest BCUT2D eigenvalue weighted by atomic mass is 127. The molecule has 1 N–H and O–H groups in total. The quantitative estimate of drug-likeness (QED) is 0.342. The van der Waals surface area contributed by atoms with Gasteiger partial charge in [-0.15, -0.1) is 0 Å². The molecule has 2 heterocycles. The Morgan fingerprint density at radius 3 is 3.05 bits per heavy atom. The molecule has 1 aliphatic carbocycles. The summed E-state index contributed by atoms with van der Waals surface area (Å²) < 4.78 is 24.8. The Morgan fingerprint density at radius 1 is 1.50 bits per heavy atom. The molecule has 0 saturated heterocycles. The fourth-order valence-electron chi connectivity index (χ4n) is 2.20. The van der Waals surface area contributed by atoms with Crippen LogP contribution in [0.1, 0.15) is 12.1 Å². The number of allylic oxidation sites excluding steroid dienone is 2. The summed E-state index contributed by atoms with van der Waals surface area (Å²) in [5.74, 6) is 0.651. The van der Waals surface area contributed by atoms with Gasteiger partial charge in [0.2, 0.25) is 5.28 Å². The van der Waals surface area contributed by atoms with Crippen molar-refractivity contribution < 1.29 is 8.60 Å². The lowest BCUT2D eigenvalue weighted by Crippen LogP contribution is -2.30. The number of nitrogens with zero attached hydrogens (tertiary/aromatic N) is 2. The summed E-state index contributed by atoms with van der Waals surface area (Å²) in [6.07, 6.45) is 5.87. The molecule has 0 aromatic carbocycles. The molecule has 0 radical (unpaired) electrons. The van der Waals surface area contributed by atoms with Gasteiger partial charge in [-0.3, -0.25) is 4.21 Å². The third-order valence-corrected chi connectivity index (χ3v) is 5.70. The first-order valence-corrected chi connectivity index (χ1v) is 8.71. The van der Waals surface area contributed by atoms with E-state index in [0.29, 0.717) is 35.0 Å². The monoisotopic (exact) mass is 425 g/mol. The van der Waals surface area contributed by atoms with E-state index in [1.807, 2.05) is 0 Å². The van der Waals surface area contributed by atoms with Crippen molar-refractivity contribution in [1.29, 1.82) is 0 Å². The molecule has 8 heteroatoms. The molecule has 4 nitrogen and oxygen atoms in total. The minimum atomic E-state index is -1.13. The van der Waals surface area contributed by atoms with E-state index in [1.165, 1.54) is 12.2 Å². The Morgan fingerprint density at radius 2 is 2.30 bits per heavy atom. The number of halogens is 3. The Balaban J connectivity index is 2.00. The van der Waals surface area contributed by atoms with Crippen molar-refractivity contribution in [2.75, 3.05) is 11.1 Å². The second-order valence-corrected chi connectivity index (χ2v) is 8.31. The Kier molecular flexibility index (Phi) is 3.85. The van der Waals surface area contributed by atoms with Crippen LogP contribution in [0.5, 0.6) is 0 Å². The minimum absolute atomic E-state index is 0.112. The van der Waals surface area contributed by atoms with Crippen molar-refractivity contribution in [3.05, 3.63) is 35.0 Å². The zero-order valence-corrected chi connectivity index (χ0v) is 13.9. The van der Waals surface area contributed by atoms with Gasteiger partial charge in [-0.1, -0.05) is 6.08 Å². The van der Waals surface area contributed by atoms with Gasteiger partial charge < -0.3 is 5.32 Å². The molecule has 1 unspecified atom stereocenters. The fourth-order valence-corrected chi connectivity index (χ4v) is 4.50. The molecule has 0 bridgehead atoms. The van der Waals surface area contributed by atoms with Crippen LogP contribution < -0.4 is 5.32 Å². The van der Waals surface area contributed by atoms with Gasteiger partial charge in [0.05, 0.1) is 16.5 Å². The van der Waals surface area contributed by atoms with E-state index >= 15 is 0 Å². The number of rotatable bonds is 2. The van der Waals surface area contributed by atoms with E-state index in [1.54, 1.807) is 6.08 Å². The number of fused-ring (bicyclic) bond motifs is 1. The number of alkyl halides is 1. The van der Waals surface area contributed by atoms with Crippen molar-refractivity contribution in [3.8, 4) is 0 Å². The predicted molar refractivity (Wildman–Crippen MR) is 85.3 cm³/mol. The summed E-state index contributed by atoms with van der Waals surface area (Å²) in [6, 6.07) is 0. The third-order valence-electron chi connectivity index (χ3n) is 3.05. The largest absolute Gasteiger partial charge is 0.351 e. The van der Waals surface area contributed by atoms with E-state index in [-0.39, 0.29) is 11.1 Å². The maximum absolute atomic E-state index is 13.4. The number of nitrogens with one attached hydrogen (secondary N) is 1. The minimum Gasteiger partial charge on any atom is -0.351 e. The molecular weight excluding hydrogens is 416 g/mol. The van der Waals surface area contributed by atoms with E-state index in [2.05, 4.69) is 37.9 Å². The van der Waals surface area contributed by atoms with E-state index in [0.717, 1.165) is 0 Å². The van der Waals surface area contributed by atoms with Crippen molar-refractivity contribution in [3.63, 3.8) is 0 Å². The molecule has 0 spiro atoms. The third kappa shape index (κ3) is 2.75. The number of hydrogen-bond donors (Lipinski definition) is 1. The maximum Gasteiger partial charge on any atom is 0.224 e. The van der Waals surface area contributed by atoms with E-state index in [4.69, 9.17) is 11.6 Å². The summed E-state index contributed by atoms with van der Waals surface area (Å²) in [6.45, 7) is 0. The van der Waals surface area contributed by atoms with E-state index < -0.39 is 14.3 Å². The maximum atomic E-state index is 13.4. The number of aryl methyl sites for hydroxylation is 1. The standard InChI is InChI=1S/C12H10ClFIN3OS/c13-11-16-8-3-5-20(19)9(8)10(17-11)18-12(15)4-1-2-7(14)6-12/h1-2,6H,3-5H2,(H,16,17,18)/t12-,20?/m0/s1. The molecule has 0 fully saturated rings. The Bertz CT molecular complexity index is 666. The van der Waals surface area contributed by atoms with Gasteiger partial charge in [0.1, 0.15) is 20.1 Å². The molecule has 106 valence electrons. The van der Waals surface area contributed by atoms with Crippen LogP contribution in [-0.2, 0) is 17.2 Å². The molecule has 20 heavy (non-hydrogen) atoms. The van der Waals surface area contributed by atoms with Crippen LogP contribution >= 0.6 is 34.2 Å². The summed E-state index contributed by atoms with van der Waals surface area (Å²) >= 11 is 8.01. The topological polar surface area (TPSA) is 54.9 Å². The highest BCUT2D eigenvalue weighted by Gasteiger charge is 2.31. The Labute approximate surface area is 136 Å². The van der Waals surface area contributed by atoms with Gasteiger partial charge in [-0.05, 0) is 46.3 Å². The highest BCUT2D eigenvalue weighted by Crippen LogP contribution is 2.36. The average molecular weight is 426 g/mol. The highest BCUT2D eigenvalue weighted by molar-refractivity contribution is 14.1. The van der Waals surface area contributed by atoms with Crippen LogP contribution in [0.25, 0.3) is 0 Å².